The van der Waals surface area contributed by atoms with Gasteiger partial charge in [-0.25, -0.2) is 19.4 Å². The number of aromatic nitrogens is 2. The molecule has 0 aliphatic heterocycles. The lowest BCUT2D eigenvalue weighted by atomic mass is 10.0. The summed E-state index contributed by atoms with van der Waals surface area (Å²) in [6.45, 7) is 0. The van der Waals surface area contributed by atoms with Crippen LogP contribution in [0.15, 0.2) is 30.9 Å². The molecule has 1 heterocycles. The fraction of sp³-hybridized carbons (Fsp3) is 0. The van der Waals surface area contributed by atoms with E-state index in [1.54, 1.807) is 0 Å². The molecule has 0 atom stereocenters. The van der Waals surface area contributed by atoms with Gasteiger partial charge < -0.3 is 19.9 Å². The molecular formula is C12H8N2O6. The maximum absolute atomic E-state index is 11.2. The van der Waals surface area contributed by atoms with Crippen molar-refractivity contribution in [2.45, 2.75) is 0 Å². The van der Waals surface area contributed by atoms with Crippen LogP contribution < -0.4 is 0 Å². The molecule has 2 rings (SSSR count). The van der Waals surface area contributed by atoms with Gasteiger partial charge in [0.05, 0.1) is 28.7 Å². The Bertz CT molecular complexity index is 670. The normalized spacial score (nSPS) is 10.2. The number of hydrogen-bond acceptors (Lipinski definition) is 4. The molecule has 8 heteroatoms. The molecular weight excluding hydrogens is 268 g/mol. The molecule has 1 aromatic heterocycles. The Hall–Kier alpha value is -3.16. The Morgan fingerprint density at radius 2 is 1.50 bits per heavy atom. The first-order valence-corrected chi connectivity index (χ1v) is 5.28. The van der Waals surface area contributed by atoms with Crippen molar-refractivity contribution in [3.63, 3.8) is 0 Å². The number of imidazole rings is 1. The molecule has 0 aliphatic rings. The van der Waals surface area contributed by atoms with E-state index in [4.69, 9.17) is 15.3 Å². The first-order valence-electron chi connectivity index (χ1n) is 5.28. The van der Waals surface area contributed by atoms with E-state index in [9.17, 15) is 14.4 Å². The molecule has 2 aromatic rings. The molecule has 3 N–H and O–H groups in total. The van der Waals surface area contributed by atoms with Crippen molar-refractivity contribution in [3.8, 4) is 5.69 Å². The Morgan fingerprint density at radius 3 is 1.85 bits per heavy atom. The summed E-state index contributed by atoms with van der Waals surface area (Å²) < 4.78 is 1.21. The average Bonchev–Trinajstić information content (AvgIpc) is 2.90. The van der Waals surface area contributed by atoms with Gasteiger partial charge in [-0.15, -0.1) is 0 Å². The molecule has 0 saturated carbocycles. The summed E-state index contributed by atoms with van der Waals surface area (Å²) in [5.74, 6) is -4.27. The number of nitrogens with zero attached hydrogens (tertiary/aromatic N) is 2. The molecule has 0 saturated heterocycles. The number of carboxylic acid groups (broad SMARTS) is 3. The van der Waals surface area contributed by atoms with Gasteiger partial charge in [0.2, 0.25) is 0 Å². The van der Waals surface area contributed by atoms with E-state index in [2.05, 4.69) is 4.98 Å². The Kier molecular flexibility index (Phi) is 3.21. The topological polar surface area (TPSA) is 130 Å². The first-order chi connectivity index (χ1) is 9.41. The lowest BCUT2D eigenvalue weighted by Gasteiger charge is -2.12. The van der Waals surface area contributed by atoms with Gasteiger partial charge in [-0.1, -0.05) is 0 Å². The van der Waals surface area contributed by atoms with Gasteiger partial charge in [0.1, 0.15) is 0 Å². The van der Waals surface area contributed by atoms with Crippen molar-refractivity contribution in [2.75, 3.05) is 0 Å². The molecule has 8 nitrogen and oxygen atoms in total. The quantitative estimate of drug-likeness (QED) is 0.758. The van der Waals surface area contributed by atoms with Crippen LogP contribution in [0.2, 0.25) is 0 Å². The maximum Gasteiger partial charge on any atom is 0.337 e. The number of benzene rings is 1. The van der Waals surface area contributed by atoms with Crippen LogP contribution in [-0.2, 0) is 0 Å². The van der Waals surface area contributed by atoms with E-state index in [0.717, 1.165) is 12.1 Å². The van der Waals surface area contributed by atoms with Crippen LogP contribution in [0.1, 0.15) is 31.1 Å². The third-order valence-corrected chi connectivity index (χ3v) is 2.58. The van der Waals surface area contributed by atoms with E-state index in [-0.39, 0.29) is 5.69 Å². The number of aromatic carboxylic acids is 3. The van der Waals surface area contributed by atoms with Crippen molar-refractivity contribution < 1.29 is 29.7 Å². The Morgan fingerprint density at radius 1 is 0.950 bits per heavy atom. The van der Waals surface area contributed by atoms with Crippen molar-refractivity contribution in [2.24, 2.45) is 0 Å². The highest BCUT2D eigenvalue weighted by Crippen LogP contribution is 2.23. The smallest absolute Gasteiger partial charge is 0.337 e. The summed E-state index contributed by atoms with van der Waals surface area (Å²) in [5, 5.41) is 27.2. The van der Waals surface area contributed by atoms with Gasteiger partial charge in [-0.2, -0.15) is 0 Å². The monoisotopic (exact) mass is 276 g/mol. The van der Waals surface area contributed by atoms with Crippen molar-refractivity contribution in [1.29, 1.82) is 0 Å². The Labute approximate surface area is 111 Å². The zero-order chi connectivity index (χ0) is 14.9. The van der Waals surface area contributed by atoms with Crippen LogP contribution in [0.4, 0.5) is 0 Å². The molecule has 0 unspecified atom stereocenters. The third kappa shape index (κ3) is 2.21. The van der Waals surface area contributed by atoms with Crippen molar-refractivity contribution in [1.82, 2.24) is 9.55 Å². The van der Waals surface area contributed by atoms with Crippen molar-refractivity contribution in [3.05, 3.63) is 47.5 Å². The van der Waals surface area contributed by atoms with Gasteiger partial charge >= 0.3 is 17.9 Å². The van der Waals surface area contributed by atoms with Gasteiger partial charge in [0.15, 0.2) is 0 Å². The molecule has 0 spiro atoms. The summed E-state index contributed by atoms with van der Waals surface area (Å²) in [6, 6.07) is 1.82. The largest absolute Gasteiger partial charge is 0.478 e. The summed E-state index contributed by atoms with van der Waals surface area (Å²) >= 11 is 0. The molecule has 0 amide bonds. The SMILES string of the molecule is O=C(O)c1cc(C(=O)O)c(-n2ccnc2)c(C(=O)O)c1. The summed E-state index contributed by atoms with van der Waals surface area (Å²) in [4.78, 5) is 37.2. The van der Waals surface area contributed by atoms with Crippen LogP contribution in [0, 0.1) is 0 Å². The van der Waals surface area contributed by atoms with Crippen LogP contribution in [0.3, 0.4) is 0 Å². The zero-order valence-electron chi connectivity index (χ0n) is 9.85. The van der Waals surface area contributed by atoms with E-state index in [0.29, 0.717) is 0 Å². The summed E-state index contributed by atoms with van der Waals surface area (Å²) in [7, 11) is 0. The fourth-order valence-electron chi connectivity index (χ4n) is 1.75. The van der Waals surface area contributed by atoms with Crippen LogP contribution >= 0.6 is 0 Å². The molecule has 0 aliphatic carbocycles. The highest BCUT2D eigenvalue weighted by Gasteiger charge is 2.23. The predicted octanol–water partition coefficient (Wildman–Crippen LogP) is 0.967. The minimum Gasteiger partial charge on any atom is -0.478 e. The lowest BCUT2D eigenvalue weighted by molar-refractivity contribution is 0.0695. The van der Waals surface area contributed by atoms with E-state index >= 15 is 0 Å². The lowest BCUT2D eigenvalue weighted by Crippen LogP contribution is -2.14. The molecule has 20 heavy (non-hydrogen) atoms. The van der Waals surface area contributed by atoms with Crippen LogP contribution in [0.25, 0.3) is 5.69 Å². The average molecular weight is 276 g/mol. The standard InChI is InChI=1S/C12H8N2O6/c15-10(16)6-3-7(11(17)18)9(8(4-6)12(19)20)14-2-1-13-5-14/h1-5H,(H,15,16)(H,17,18)(H,19,20). The maximum atomic E-state index is 11.2. The molecule has 0 bridgehead atoms. The van der Waals surface area contributed by atoms with E-state index in [1.165, 1.54) is 23.3 Å². The third-order valence-electron chi connectivity index (χ3n) is 2.58. The van der Waals surface area contributed by atoms with Crippen LogP contribution in [-0.4, -0.2) is 42.8 Å². The number of hydrogen-bond donors (Lipinski definition) is 3. The zero-order valence-corrected chi connectivity index (χ0v) is 9.85. The molecule has 0 fully saturated rings. The Balaban J connectivity index is 2.85. The van der Waals surface area contributed by atoms with Gasteiger partial charge in [0, 0.05) is 12.4 Å². The second-order valence-corrected chi connectivity index (χ2v) is 3.81. The van der Waals surface area contributed by atoms with Crippen molar-refractivity contribution >= 4 is 17.9 Å². The predicted molar refractivity (Wildman–Crippen MR) is 64.4 cm³/mol. The van der Waals surface area contributed by atoms with Gasteiger partial charge in [0.25, 0.3) is 0 Å². The summed E-state index contributed by atoms with van der Waals surface area (Å²) in [5.41, 5.74) is -1.42. The second-order valence-electron chi connectivity index (χ2n) is 3.81. The molecule has 102 valence electrons. The molecule has 1 aromatic carbocycles. The van der Waals surface area contributed by atoms with Gasteiger partial charge in [-0.05, 0) is 12.1 Å². The number of rotatable bonds is 4. The minimum absolute atomic E-state index is 0.146. The van der Waals surface area contributed by atoms with Crippen LogP contribution in [0.5, 0.6) is 0 Å². The van der Waals surface area contributed by atoms with E-state index < -0.39 is 34.6 Å². The number of carboxylic acids is 3. The van der Waals surface area contributed by atoms with Gasteiger partial charge in [-0.3, -0.25) is 0 Å². The highest BCUT2D eigenvalue weighted by atomic mass is 16.4. The first kappa shape index (κ1) is 13.3. The highest BCUT2D eigenvalue weighted by molar-refractivity contribution is 6.04. The summed E-state index contributed by atoms with van der Waals surface area (Å²) in [6.07, 6.45) is 3.95. The minimum atomic E-state index is -1.43. The second kappa shape index (κ2) is 4.84. The number of carbonyl (C=O) groups is 3. The fourth-order valence-corrected chi connectivity index (χ4v) is 1.75. The van der Waals surface area contributed by atoms with E-state index in [1.807, 2.05) is 0 Å². The molecule has 0 radical (unpaired) electrons.